The van der Waals surface area contributed by atoms with E-state index in [0.717, 1.165) is 41.1 Å². The molecule has 0 aromatic heterocycles. The van der Waals surface area contributed by atoms with E-state index in [0.29, 0.717) is 15.8 Å². The molecule has 1 aliphatic rings. The van der Waals surface area contributed by atoms with Crippen LogP contribution in [0.15, 0.2) is 108 Å². The number of carbonyl (C=O) groups excluding carboxylic acids is 2. The summed E-state index contributed by atoms with van der Waals surface area (Å²) in [6.07, 6.45) is 4.05. The van der Waals surface area contributed by atoms with Gasteiger partial charge in [-0.2, -0.15) is 0 Å². The van der Waals surface area contributed by atoms with Crippen molar-refractivity contribution in [2.75, 3.05) is 18.0 Å². The first-order valence-electron chi connectivity index (χ1n) is 15.4. The monoisotopic (exact) mass is 693 g/mol. The van der Waals surface area contributed by atoms with E-state index < -0.39 is 28.5 Å². The summed E-state index contributed by atoms with van der Waals surface area (Å²) in [5.74, 6) is -0.335. The summed E-state index contributed by atoms with van der Waals surface area (Å²) in [4.78, 5) is 30.1. The molecule has 1 unspecified atom stereocenters. The average Bonchev–Trinajstić information content (AvgIpc) is 3.60. The van der Waals surface area contributed by atoms with E-state index in [4.69, 9.17) is 27.9 Å². The number of methoxy groups -OCH3 is 1. The van der Waals surface area contributed by atoms with Gasteiger partial charge in [-0.1, -0.05) is 78.5 Å². The third-order valence-electron chi connectivity index (χ3n) is 8.28. The Hall–Kier alpha value is -4.05. The maximum absolute atomic E-state index is 14.6. The third kappa shape index (κ3) is 8.86. The van der Waals surface area contributed by atoms with Gasteiger partial charge in [-0.3, -0.25) is 13.9 Å². The zero-order chi connectivity index (χ0) is 33.4. The summed E-state index contributed by atoms with van der Waals surface area (Å²) in [5, 5.41) is 4.12. The first kappa shape index (κ1) is 34.3. The molecule has 4 aromatic rings. The molecule has 0 heterocycles. The molecular weight excluding hydrogens is 657 g/mol. The molecule has 0 saturated heterocycles. The number of anilines is 1. The van der Waals surface area contributed by atoms with Gasteiger partial charge in [-0.15, -0.1) is 0 Å². The number of nitrogens with zero attached hydrogens (tertiary/aromatic N) is 2. The molecule has 4 aromatic carbocycles. The van der Waals surface area contributed by atoms with E-state index in [-0.39, 0.29) is 35.5 Å². The average molecular weight is 695 g/mol. The fraction of sp³-hybridized carbons (Fsp3) is 0.278. The van der Waals surface area contributed by atoms with Gasteiger partial charge in [0.2, 0.25) is 11.8 Å². The van der Waals surface area contributed by atoms with Crippen molar-refractivity contribution in [2.45, 2.75) is 55.6 Å². The van der Waals surface area contributed by atoms with Crippen molar-refractivity contribution >= 4 is 50.7 Å². The van der Waals surface area contributed by atoms with E-state index in [2.05, 4.69) is 5.32 Å². The van der Waals surface area contributed by atoms with Crippen LogP contribution in [-0.4, -0.2) is 50.9 Å². The van der Waals surface area contributed by atoms with E-state index in [1.807, 2.05) is 30.3 Å². The minimum absolute atomic E-state index is 0.0225. The van der Waals surface area contributed by atoms with Gasteiger partial charge in [-0.25, -0.2) is 8.42 Å². The van der Waals surface area contributed by atoms with E-state index in [1.165, 1.54) is 24.1 Å². The Labute approximate surface area is 286 Å². The predicted octanol–water partition coefficient (Wildman–Crippen LogP) is 6.90. The normalized spacial score (nSPS) is 13.9. The number of nitrogens with one attached hydrogen (secondary N) is 1. The Bertz CT molecular complexity index is 1750. The van der Waals surface area contributed by atoms with Gasteiger partial charge < -0.3 is 15.0 Å². The molecule has 0 aliphatic heterocycles. The third-order valence-corrected chi connectivity index (χ3v) is 10.6. The van der Waals surface area contributed by atoms with Gasteiger partial charge in [-0.05, 0) is 84.6 Å². The summed E-state index contributed by atoms with van der Waals surface area (Å²) >= 11 is 12.3. The lowest BCUT2D eigenvalue weighted by atomic mass is 10.0. The Morgan fingerprint density at radius 1 is 0.830 bits per heavy atom. The van der Waals surface area contributed by atoms with Crippen molar-refractivity contribution in [3.8, 4) is 5.75 Å². The summed E-state index contributed by atoms with van der Waals surface area (Å²) in [6.45, 7) is -0.506. The summed E-state index contributed by atoms with van der Waals surface area (Å²) in [7, 11) is -2.76. The zero-order valence-corrected chi connectivity index (χ0v) is 28.3. The highest BCUT2D eigenvalue weighted by Gasteiger charge is 2.35. The molecule has 0 radical (unpaired) electrons. The van der Waals surface area contributed by atoms with Gasteiger partial charge >= 0.3 is 0 Å². The molecule has 2 amide bonds. The number of benzene rings is 4. The molecule has 47 heavy (non-hydrogen) atoms. The minimum atomic E-state index is -4.25. The Morgan fingerprint density at radius 2 is 1.43 bits per heavy atom. The lowest BCUT2D eigenvalue weighted by Gasteiger charge is -2.34. The zero-order valence-electron chi connectivity index (χ0n) is 26.0. The van der Waals surface area contributed by atoms with E-state index in [1.54, 1.807) is 60.7 Å². The predicted molar refractivity (Wildman–Crippen MR) is 185 cm³/mol. The van der Waals surface area contributed by atoms with E-state index in [9.17, 15) is 18.0 Å². The van der Waals surface area contributed by atoms with Crippen molar-refractivity contribution in [3.05, 3.63) is 124 Å². The van der Waals surface area contributed by atoms with Crippen LogP contribution in [0.5, 0.6) is 5.75 Å². The Balaban J connectivity index is 1.55. The maximum Gasteiger partial charge on any atom is 0.264 e. The second kappa shape index (κ2) is 15.7. The summed E-state index contributed by atoms with van der Waals surface area (Å²) < 4.78 is 34.6. The molecule has 1 atom stereocenters. The number of amides is 2. The number of sulfonamides is 1. The first-order valence-corrected chi connectivity index (χ1v) is 17.6. The van der Waals surface area contributed by atoms with Crippen molar-refractivity contribution in [1.29, 1.82) is 0 Å². The highest BCUT2D eigenvalue weighted by Crippen LogP contribution is 2.28. The SMILES string of the molecule is COc1ccc(S(=O)(=O)N(CC(=O)N(Cc2ccc(Cl)cc2)C(Cc2ccccc2)C(=O)NC2CCCC2)c2ccc(Cl)cc2)cc1. The summed E-state index contributed by atoms with van der Waals surface area (Å²) in [5.41, 5.74) is 1.86. The molecule has 1 aliphatic carbocycles. The number of hydrogen-bond donors (Lipinski definition) is 1. The largest absolute Gasteiger partial charge is 0.497 e. The number of rotatable bonds is 13. The van der Waals surface area contributed by atoms with Crippen LogP contribution in [0.2, 0.25) is 10.0 Å². The summed E-state index contributed by atoms with van der Waals surface area (Å²) in [6, 6.07) is 27.8. The van der Waals surface area contributed by atoms with Gasteiger partial charge in [0.25, 0.3) is 10.0 Å². The number of ether oxygens (including phenoxy) is 1. The number of halogens is 2. The highest BCUT2D eigenvalue weighted by atomic mass is 35.5. The van der Waals surface area contributed by atoms with Crippen LogP contribution in [0.4, 0.5) is 5.69 Å². The number of carbonyl (C=O) groups is 2. The Morgan fingerprint density at radius 3 is 2.02 bits per heavy atom. The minimum Gasteiger partial charge on any atom is -0.497 e. The molecule has 8 nitrogen and oxygen atoms in total. The molecule has 1 N–H and O–H groups in total. The molecule has 246 valence electrons. The van der Waals surface area contributed by atoms with Crippen LogP contribution in [0.1, 0.15) is 36.8 Å². The first-order chi connectivity index (χ1) is 22.6. The topological polar surface area (TPSA) is 96.0 Å². The van der Waals surface area contributed by atoms with Crippen molar-refractivity contribution in [3.63, 3.8) is 0 Å². The molecule has 1 saturated carbocycles. The van der Waals surface area contributed by atoms with Crippen LogP contribution >= 0.6 is 23.2 Å². The van der Waals surface area contributed by atoms with Gasteiger partial charge in [0.05, 0.1) is 17.7 Å². The van der Waals surface area contributed by atoms with Crippen molar-refractivity contribution < 1.29 is 22.7 Å². The second-order valence-corrected chi connectivity index (χ2v) is 14.2. The molecular formula is C36H37Cl2N3O5S. The van der Waals surface area contributed by atoms with Crippen LogP contribution < -0.4 is 14.4 Å². The molecule has 0 bridgehead atoms. The number of hydrogen-bond acceptors (Lipinski definition) is 5. The Kier molecular flexibility index (Phi) is 11.4. The fourth-order valence-electron chi connectivity index (χ4n) is 5.72. The van der Waals surface area contributed by atoms with Crippen molar-refractivity contribution in [2.24, 2.45) is 0 Å². The smallest absolute Gasteiger partial charge is 0.264 e. The quantitative estimate of drug-likeness (QED) is 0.164. The lowest BCUT2D eigenvalue weighted by Crippen LogP contribution is -2.54. The molecule has 1 fully saturated rings. The van der Waals surface area contributed by atoms with E-state index >= 15 is 0 Å². The van der Waals surface area contributed by atoms with Gasteiger partial charge in [0.1, 0.15) is 18.3 Å². The second-order valence-electron chi connectivity index (χ2n) is 11.5. The van der Waals surface area contributed by atoms with Crippen LogP contribution in [0.3, 0.4) is 0 Å². The molecule has 11 heteroatoms. The van der Waals surface area contributed by atoms with Gasteiger partial charge in [0.15, 0.2) is 0 Å². The molecule has 0 spiro atoms. The fourth-order valence-corrected chi connectivity index (χ4v) is 7.39. The lowest BCUT2D eigenvalue weighted by molar-refractivity contribution is -0.140. The maximum atomic E-state index is 14.6. The van der Waals surface area contributed by atoms with Crippen LogP contribution in [-0.2, 0) is 32.6 Å². The van der Waals surface area contributed by atoms with Gasteiger partial charge in [0, 0.05) is 29.1 Å². The van der Waals surface area contributed by atoms with Crippen LogP contribution in [0.25, 0.3) is 0 Å². The van der Waals surface area contributed by atoms with Crippen molar-refractivity contribution in [1.82, 2.24) is 10.2 Å². The standard InChI is InChI=1S/C36H37Cl2N3O5S/c1-46-32-19-21-33(22-20-32)47(44,45)41(31-17-15-29(38)16-18-31)25-35(42)40(24-27-11-13-28(37)14-12-27)34(23-26-7-3-2-4-8-26)36(43)39-30-9-5-6-10-30/h2-4,7-8,11-22,30,34H,5-6,9-10,23-25H2,1H3,(H,39,43). The molecule has 5 rings (SSSR count). The highest BCUT2D eigenvalue weighted by molar-refractivity contribution is 7.92. The van der Waals surface area contributed by atoms with Crippen LogP contribution in [0, 0.1) is 0 Å².